The molecule has 5 nitrogen and oxygen atoms in total. The molecule has 0 atom stereocenters. The van der Waals surface area contributed by atoms with Gasteiger partial charge in [-0.25, -0.2) is 4.39 Å². The largest absolute Gasteiger partial charge is 0.377 e. The number of nitrogens with zero attached hydrogens (tertiary/aromatic N) is 1. The van der Waals surface area contributed by atoms with Crippen LogP contribution in [0.2, 0.25) is 0 Å². The summed E-state index contributed by atoms with van der Waals surface area (Å²) >= 11 is 0. The van der Waals surface area contributed by atoms with Gasteiger partial charge in [0.1, 0.15) is 11.5 Å². The predicted molar refractivity (Wildman–Crippen MR) is 69.0 cm³/mol. The van der Waals surface area contributed by atoms with Gasteiger partial charge in [0.15, 0.2) is 0 Å². The predicted octanol–water partition coefficient (Wildman–Crippen LogP) is 2.80. The van der Waals surface area contributed by atoms with Crippen molar-refractivity contribution in [1.82, 2.24) is 0 Å². The van der Waals surface area contributed by atoms with Crippen molar-refractivity contribution in [1.29, 1.82) is 0 Å². The lowest BCUT2D eigenvalue weighted by molar-refractivity contribution is -0.386. The average Bonchev–Trinajstić information content (AvgIpc) is 2.34. The van der Waals surface area contributed by atoms with Crippen molar-refractivity contribution in [2.45, 2.75) is 32.2 Å². The highest BCUT2D eigenvalue weighted by Gasteiger charge is 2.25. The molecule has 0 aliphatic carbocycles. The lowest BCUT2D eigenvalue weighted by Gasteiger charge is -2.27. The molecule has 0 bridgehead atoms. The van der Waals surface area contributed by atoms with Crippen molar-refractivity contribution in [2.24, 2.45) is 5.73 Å². The van der Waals surface area contributed by atoms with Crippen LogP contribution in [0.3, 0.4) is 0 Å². The van der Waals surface area contributed by atoms with Crippen LogP contribution in [0.25, 0.3) is 0 Å². The summed E-state index contributed by atoms with van der Waals surface area (Å²) in [6.45, 7) is 3.96. The van der Waals surface area contributed by atoms with E-state index in [0.29, 0.717) is 18.9 Å². The van der Waals surface area contributed by atoms with Crippen molar-refractivity contribution < 1.29 is 13.7 Å². The van der Waals surface area contributed by atoms with E-state index in [1.807, 2.05) is 13.8 Å². The van der Waals surface area contributed by atoms with Crippen LogP contribution in [0, 0.1) is 21.7 Å². The lowest BCUT2D eigenvalue weighted by atomic mass is 9.94. The smallest absolute Gasteiger partial charge is 0.327 e. The van der Waals surface area contributed by atoms with Gasteiger partial charge in [0.2, 0.25) is 5.82 Å². The maximum Gasteiger partial charge on any atom is 0.327 e. The zero-order valence-electron chi connectivity index (χ0n) is 10.9. The second kappa shape index (κ2) is 5.92. The Hall–Kier alpha value is -1.76. The minimum Gasteiger partial charge on any atom is -0.377 e. The molecule has 106 valence electrons. The standard InChI is InChI=1S/C12H17F2N3O2/c1-3-12(15,4-2)7-16-10-6-8(13)5-9(14)11(10)17(18)19/h5-6,16H,3-4,7,15H2,1-2H3. The third-order valence-corrected chi connectivity index (χ3v) is 3.25. The fourth-order valence-electron chi connectivity index (χ4n) is 1.66. The fourth-order valence-corrected chi connectivity index (χ4v) is 1.66. The van der Waals surface area contributed by atoms with Crippen LogP contribution >= 0.6 is 0 Å². The first-order chi connectivity index (χ1) is 8.83. The molecule has 0 fully saturated rings. The van der Waals surface area contributed by atoms with E-state index in [0.717, 1.165) is 6.07 Å². The molecule has 7 heteroatoms. The highest BCUT2D eigenvalue weighted by Crippen LogP contribution is 2.29. The fraction of sp³-hybridized carbons (Fsp3) is 0.500. The van der Waals surface area contributed by atoms with Gasteiger partial charge in [-0.2, -0.15) is 4.39 Å². The van der Waals surface area contributed by atoms with Crippen molar-refractivity contribution in [3.63, 3.8) is 0 Å². The minimum absolute atomic E-state index is 0.195. The number of nitro benzene ring substituents is 1. The van der Waals surface area contributed by atoms with Crippen molar-refractivity contribution in [3.05, 3.63) is 33.9 Å². The number of nitrogens with one attached hydrogen (secondary N) is 1. The third-order valence-electron chi connectivity index (χ3n) is 3.25. The van der Waals surface area contributed by atoms with Crippen LogP contribution in [-0.2, 0) is 0 Å². The summed E-state index contributed by atoms with van der Waals surface area (Å²) in [7, 11) is 0. The number of nitro groups is 1. The Morgan fingerprint density at radius 3 is 2.42 bits per heavy atom. The zero-order chi connectivity index (χ0) is 14.6. The zero-order valence-corrected chi connectivity index (χ0v) is 10.9. The molecule has 0 heterocycles. The Morgan fingerprint density at radius 2 is 1.95 bits per heavy atom. The summed E-state index contributed by atoms with van der Waals surface area (Å²) in [6.07, 6.45) is 1.28. The van der Waals surface area contributed by atoms with E-state index in [-0.39, 0.29) is 12.2 Å². The summed E-state index contributed by atoms with van der Waals surface area (Å²) in [5.41, 5.74) is 4.49. The molecule has 3 N–H and O–H groups in total. The van der Waals surface area contributed by atoms with Crippen LogP contribution in [0.1, 0.15) is 26.7 Å². The number of hydrogen-bond acceptors (Lipinski definition) is 4. The van der Waals surface area contributed by atoms with Crippen LogP contribution in [0.15, 0.2) is 12.1 Å². The van der Waals surface area contributed by atoms with E-state index in [1.54, 1.807) is 0 Å². The van der Waals surface area contributed by atoms with E-state index >= 15 is 0 Å². The van der Waals surface area contributed by atoms with E-state index in [9.17, 15) is 18.9 Å². The van der Waals surface area contributed by atoms with Crippen LogP contribution < -0.4 is 11.1 Å². The molecule has 19 heavy (non-hydrogen) atoms. The monoisotopic (exact) mass is 273 g/mol. The number of rotatable bonds is 6. The number of hydrogen-bond donors (Lipinski definition) is 2. The summed E-state index contributed by atoms with van der Waals surface area (Å²) < 4.78 is 26.5. The molecular weight excluding hydrogens is 256 g/mol. The normalized spacial score (nSPS) is 11.4. The molecule has 1 aromatic carbocycles. The molecule has 0 saturated carbocycles. The maximum atomic E-state index is 13.4. The lowest BCUT2D eigenvalue weighted by Crippen LogP contribution is -2.45. The van der Waals surface area contributed by atoms with Crippen LogP contribution in [-0.4, -0.2) is 17.0 Å². The second-order valence-electron chi connectivity index (χ2n) is 4.46. The van der Waals surface area contributed by atoms with Crippen molar-refractivity contribution in [3.8, 4) is 0 Å². The first-order valence-corrected chi connectivity index (χ1v) is 5.99. The molecule has 1 aromatic rings. The van der Waals surface area contributed by atoms with Gasteiger partial charge in [0.05, 0.1) is 4.92 Å². The Kier molecular flexibility index (Phi) is 4.77. The van der Waals surface area contributed by atoms with Gasteiger partial charge >= 0.3 is 5.69 Å². The Bertz CT molecular complexity index is 476. The molecule has 0 aliphatic heterocycles. The molecule has 1 rings (SSSR count). The molecule has 0 amide bonds. The van der Waals surface area contributed by atoms with Crippen molar-refractivity contribution in [2.75, 3.05) is 11.9 Å². The molecule has 0 saturated heterocycles. The summed E-state index contributed by atoms with van der Waals surface area (Å²) in [4.78, 5) is 9.91. The number of halogens is 2. The highest BCUT2D eigenvalue weighted by molar-refractivity contribution is 5.62. The first-order valence-electron chi connectivity index (χ1n) is 5.99. The Balaban J connectivity index is 3.04. The van der Waals surface area contributed by atoms with Gasteiger partial charge in [0, 0.05) is 24.2 Å². The molecule has 0 spiro atoms. The molecule has 0 unspecified atom stereocenters. The molecular formula is C12H17F2N3O2. The summed E-state index contributed by atoms with van der Waals surface area (Å²) in [6, 6.07) is 1.38. The number of anilines is 1. The molecule has 0 radical (unpaired) electrons. The molecule has 0 aromatic heterocycles. The van der Waals surface area contributed by atoms with Gasteiger partial charge in [-0.15, -0.1) is 0 Å². The second-order valence-corrected chi connectivity index (χ2v) is 4.46. The first kappa shape index (κ1) is 15.3. The van der Waals surface area contributed by atoms with Crippen LogP contribution in [0.4, 0.5) is 20.2 Å². The van der Waals surface area contributed by atoms with Gasteiger partial charge in [-0.1, -0.05) is 13.8 Å². The van der Waals surface area contributed by atoms with E-state index in [4.69, 9.17) is 5.73 Å². The van der Waals surface area contributed by atoms with E-state index in [1.165, 1.54) is 0 Å². The molecule has 0 aliphatic rings. The quantitative estimate of drug-likeness (QED) is 0.617. The Labute approximate surface area is 109 Å². The van der Waals surface area contributed by atoms with Gasteiger partial charge in [-0.3, -0.25) is 10.1 Å². The van der Waals surface area contributed by atoms with E-state index in [2.05, 4.69) is 5.32 Å². The number of nitrogens with two attached hydrogens (primary N) is 1. The summed E-state index contributed by atoms with van der Waals surface area (Å²) in [5, 5.41) is 13.5. The van der Waals surface area contributed by atoms with Gasteiger partial charge in [-0.05, 0) is 12.8 Å². The van der Waals surface area contributed by atoms with Crippen molar-refractivity contribution >= 4 is 11.4 Å². The highest BCUT2D eigenvalue weighted by atomic mass is 19.1. The van der Waals surface area contributed by atoms with Gasteiger partial charge in [0.25, 0.3) is 0 Å². The summed E-state index contributed by atoms with van der Waals surface area (Å²) in [5.74, 6) is -2.08. The third kappa shape index (κ3) is 3.60. The minimum atomic E-state index is -1.21. The van der Waals surface area contributed by atoms with E-state index < -0.39 is 27.8 Å². The SMILES string of the molecule is CCC(N)(CC)CNc1cc(F)cc(F)c1[N+](=O)[O-]. The Morgan fingerprint density at radius 1 is 1.37 bits per heavy atom. The maximum absolute atomic E-state index is 13.4. The average molecular weight is 273 g/mol. The van der Waals surface area contributed by atoms with Crippen LogP contribution in [0.5, 0.6) is 0 Å². The number of benzene rings is 1. The van der Waals surface area contributed by atoms with Gasteiger partial charge < -0.3 is 11.1 Å². The topological polar surface area (TPSA) is 81.2 Å².